The van der Waals surface area contributed by atoms with Gasteiger partial charge in [0.25, 0.3) is 0 Å². The quantitative estimate of drug-likeness (QED) is 0.574. The minimum Gasteiger partial charge on any atom is -0.477 e. The lowest BCUT2D eigenvalue weighted by atomic mass is 9.99. The maximum atomic E-state index is 15.1. The number of carbonyl (C=O) groups is 1. The molecule has 0 atom stereocenters. The molecule has 8 heteroatoms. The van der Waals surface area contributed by atoms with Gasteiger partial charge in [0.2, 0.25) is 0 Å². The number of aromatic nitrogens is 4. The van der Waals surface area contributed by atoms with Gasteiger partial charge in [-0.15, -0.1) is 0 Å². The number of carboxylic acid groups (broad SMARTS) is 1. The van der Waals surface area contributed by atoms with Gasteiger partial charge in [-0.1, -0.05) is 12.1 Å². The van der Waals surface area contributed by atoms with Crippen molar-refractivity contribution in [3.8, 4) is 28.5 Å². The number of hydrogen-bond donors (Lipinski definition) is 1. The number of halogens is 1. The average Bonchev–Trinajstić information content (AvgIpc) is 3.09. The Morgan fingerprint density at radius 3 is 2.72 bits per heavy atom. The molecule has 1 N–H and O–H groups in total. The van der Waals surface area contributed by atoms with Crippen molar-refractivity contribution in [1.29, 1.82) is 5.26 Å². The molecular formula is C21H14FN5O2. The summed E-state index contributed by atoms with van der Waals surface area (Å²) in [5.74, 6) is -1.74. The number of nitriles is 1. The monoisotopic (exact) mass is 387 g/mol. The van der Waals surface area contributed by atoms with Crippen LogP contribution in [0.4, 0.5) is 4.39 Å². The normalized spacial score (nSPS) is 10.8. The van der Waals surface area contributed by atoms with Crippen LogP contribution in [-0.2, 0) is 0 Å². The van der Waals surface area contributed by atoms with Crippen LogP contribution in [0.15, 0.2) is 42.6 Å². The van der Waals surface area contributed by atoms with E-state index in [1.165, 1.54) is 16.8 Å². The zero-order chi connectivity index (χ0) is 20.7. The van der Waals surface area contributed by atoms with Crippen molar-refractivity contribution < 1.29 is 14.3 Å². The molecule has 0 amide bonds. The van der Waals surface area contributed by atoms with Crippen LogP contribution in [0.25, 0.3) is 28.0 Å². The second-order valence-corrected chi connectivity index (χ2v) is 6.51. The Hall–Kier alpha value is -4.12. The Morgan fingerprint density at radius 1 is 1.21 bits per heavy atom. The molecule has 0 unspecified atom stereocenters. The Bertz CT molecular complexity index is 1340. The molecule has 0 fully saturated rings. The Morgan fingerprint density at radius 2 is 2.00 bits per heavy atom. The summed E-state index contributed by atoms with van der Waals surface area (Å²) in [6.07, 6.45) is 1.46. The molecular weight excluding hydrogens is 373 g/mol. The van der Waals surface area contributed by atoms with Gasteiger partial charge in [0.1, 0.15) is 5.69 Å². The number of rotatable bonds is 3. The lowest BCUT2D eigenvalue weighted by Gasteiger charge is -2.08. The Kier molecular flexibility index (Phi) is 4.28. The van der Waals surface area contributed by atoms with Gasteiger partial charge >= 0.3 is 5.97 Å². The fraction of sp³-hybridized carbons (Fsp3) is 0.0952. The number of hydrogen-bond acceptors (Lipinski definition) is 5. The van der Waals surface area contributed by atoms with E-state index in [9.17, 15) is 15.2 Å². The number of fused-ring (bicyclic) bond motifs is 1. The van der Waals surface area contributed by atoms with E-state index in [0.29, 0.717) is 28.1 Å². The molecule has 1 aromatic carbocycles. The molecule has 0 aliphatic carbocycles. The first-order valence-corrected chi connectivity index (χ1v) is 8.66. The summed E-state index contributed by atoms with van der Waals surface area (Å²) in [6.45, 7) is 3.30. The number of aryl methyl sites for hydroxylation is 2. The summed E-state index contributed by atoms with van der Waals surface area (Å²) in [4.78, 5) is 19.7. The molecule has 3 heterocycles. The highest BCUT2D eigenvalue weighted by atomic mass is 19.1. The Balaban J connectivity index is 2.13. The second kappa shape index (κ2) is 6.80. The summed E-state index contributed by atoms with van der Waals surface area (Å²) >= 11 is 0. The number of benzene rings is 1. The number of aromatic carboxylic acids is 1. The van der Waals surface area contributed by atoms with Crippen molar-refractivity contribution in [2.24, 2.45) is 0 Å². The van der Waals surface area contributed by atoms with Gasteiger partial charge in [0, 0.05) is 23.0 Å². The first-order chi connectivity index (χ1) is 13.9. The highest BCUT2D eigenvalue weighted by Crippen LogP contribution is 2.37. The van der Waals surface area contributed by atoms with E-state index >= 15 is 4.39 Å². The zero-order valence-electron chi connectivity index (χ0n) is 15.5. The van der Waals surface area contributed by atoms with Gasteiger partial charge in [0.15, 0.2) is 17.2 Å². The predicted molar refractivity (Wildman–Crippen MR) is 103 cm³/mol. The molecule has 142 valence electrons. The molecule has 0 aliphatic rings. The predicted octanol–water partition coefficient (Wildman–Crippen LogP) is 3.78. The van der Waals surface area contributed by atoms with Crippen LogP contribution in [0, 0.1) is 31.0 Å². The molecule has 3 aromatic heterocycles. The standard InChI is InChI=1S/C21H14FN5O2/c1-11-8-15(18(22)12(2)24-11)17-19(14-5-3-4-13(9-14)10-23)26-27-7-6-16(21(28)29)25-20(17)27/h3-9H,1-2H3,(H,28,29). The fourth-order valence-corrected chi connectivity index (χ4v) is 3.23. The lowest BCUT2D eigenvalue weighted by Crippen LogP contribution is -2.03. The molecule has 0 spiro atoms. The molecule has 0 aliphatic heterocycles. The topological polar surface area (TPSA) is 104 Å². The first-order valence-electron chi connectivity index (χ1n) is 8.66. The molecule has 4 aromatic rings. The van der Waals surface area contributed by atoms with E-state index in [0.717, 1.165) is 0 Å². The van der Waals surface area contributed by atoms with Crippen molar-refractivity contribution in [3.05, 3.63) is 71.1 Å². The van der Waals surface area contributed by atoms with E-state index in [1.807, 2.05) is 0 Å². The summed E-state index contributed by atoms with van der Waals surface area (Å²) in [6, 6.07) is 11.7. The van der Waals surface area contributed by atoms with E-state index in [1.54, 1.807) is 44.2 Å². The fourth-order valence-electron chi connectivity index (χ4n) is 3.23. The second-order valence-electron chi connectivity index (χ2n) is 6.51. The Labute approximate surface area is 164 Å². The van der Waals surface area contributed by atoms with Gasteiger partial charge in [-0.25, -0.2) is 18.7 Å². The number of pyridine rings is 1. The highest BCUT2D eigenvalue weighted by molar-refractivity contribution is 5.93. The van der Waals surface area contributed by atoms with E-state index in [2.05, 4.69) is 21.1 Å². The van der Waals surface area contributed by atoms with Gasteiger partial charge < -0.3 is 5.11 Å². The summed E-state index contributed by atoms with van der Waals surface area (Å²) < 4.78 is 16.5. The van der Waals surface area contributed by atoms with Gasteiger partial charge in [0.05, 0.1) is 22.9 Å². The van der Waals surface area contributed by atoms with E-state index in [4.69, 9.17) is 0 Å². The van der Waals surface area contributed by atoms with Crippen LogP contribution in [0.5, 0.6) is 0 Å². The molecule has 0 saturated carbocycles. The molecule has 7 nitrogen and oxygen atoms in total. The van der Waals surface area contributed by atoms with Crippen LogP contribution in [-0.4, -0.2) is 30.7 Å². The van der Waals surface area contributed by atoms with Gasteiger partial charge in [-0.3, -0.25) is 4.98 Å². The zero-order valence-corrected chi connectivity index (χ0v) is 15.5. The number of nitrogens with zero attached hydrogens (tertiary/aromatic N) is 5. The average molecular weight is 387 g/mol. The first kappa shape index (κ1) is 18.3. The van der Waals surface area contributed by atoms with Crippen LogP contribution in [0.2, 0.25) is 0 Å². The highest BCUT2D eigenvalue weighted by Gasteiger charge is 2.23. The van der Waals surface area contributed by atoms with Crippen LogP contribution in [0.1, 0.15) is 27.4 Å². The molecule has 0 saturated heterocycles. The summed E-state index contributed by atoms with van der Waals surface area (Å²) in [5, 5.41) is 23.1. The molecule has 0 radical (unpaired) electrons. The minimum atomic E-state index is -1.20. The van der Waals surface area contributed by atoms with Gasteiger partial charge in [-0.2, -0.15) is 10.4 Å². The lowest BCUT2D eigenvalue weighted by molar-refractivity contribution is 0.0690. The van der Waals surface area contributed by atoms with Crippen LogP contribution >= 0.6 is 0 Å². The largest absolute Gasteiger partial charge is 0.477 e. The molecule has 29 heavy (non-hydrogen) atoms. The third kappa shape index (κ3) is 3.08. The molecule has 4 rings (SSSR count). The number of carboxylic acids is 1. The maximum absolute atomic E-state index is 15.1. The SMILES string of the molecule is Cc1cc(-c2c(-c3cccc(C#N)c3)nn3ccc(C(=O)O)nc23)c(F)c(C)n1. The molecule has 0 bridgehead atoms. The van der Waals surface area contributed by atoms with E-state index in [-0.39, 0.29) is 22.6 Å². The van der Waals surface area contributed by atoms with Crippen LogP contribution in [0.3, 0.4) is 0 Å². The maximum Gasteiger partial charge on any atom is 0.354 e. The van der Waals surface area contributed by atoms with Crippen molar-refractivity contribution in [2.75, 3.05) is 0 Å². The summed E-state index contributed by atoms with van der Waals surface area (Å²) in [5.41, 5.74) is 2.80. The smallest absolute Gasteiger partial charge is 0.354 e. The van der Waals surface area contributed by atoms with Crippen molar-refractivity contribution >= 4 is 11.6 Å². The minimum absolute atomic E-state index is 0.182. The van der Waals surface area contributed by atoms with Crippen molar-refractivity contribution in [1.82, 2.24) is 19.6 Å². The van der Waals surface area contributed by atoms with Crippen LogP contribution < -0.4 is 0 Å². The third-order valence-electron chi connectivity index (χ3n) is 4.49. The van der Waals surface area contributed by atoms with Crippen molar-refractivity contribution in [2.45, 2.75) is 13.8 Å². The third-order valence-corrected chi connectivity index (χ3v) is 4.49. The summed E-state index contributed by atoms with van der Waals surface area (Å²) in [7, 11) is 0. The van der Waals surface area contributed by atoms with Crippen molar-refractivity contribution in [3.63, 3.8) is 0 Å². The van der Waals surface area contributed by atoms with E-state index < -0.39 is 11.8 Å². The van der Waals surface area contributed by atoms with Gasteiger partial charge in [-0.05, 0) is 38.1 Å².